The molecule has 2 amide bonds. The number of likely N-dealkylation sites (tertiary alicyclic amines) is 1. The lowest BCUT2D eigenvalue weighted by atomic mass is 9.96. The van der Waals surface area contributed by atoms with E-state index in [0.717, 1.165) is 36.1 Å². The van der Waals surface area contributed by atoms with Gasteiger partial charge in [0, 0.05) is 10.4 Å². The van der Waals surface area contributed by atoms with Crippen LogP contribution in [0.2, 0.25) is 0 Å². The van der Waals surface area contributed by atoms with Gasteiger partial charge in [0.05, 0.1) is 12.2 Å². The first kappa shape index (κ1) is 15.0. The molecule has 0 atom stereocenters. The lowest BCUT2D eigenvalue weighted by molar-refractivity contribution is -0.123. The lowest BCUT2D eigenvalue weighted by Gasteiger charge is -2.29. The van der Waals surface area contributed by atoms with Crippen LogP contribution in [0.25, 0.3) is 0 Å². The van der Waals surface area contributed by atoms with Crippen LogP contribution in [-0.4, -0.2) is 36.3 Å². The predicted molar refractivity (Wildman–Crippen MR) is 81.1 cm³/mol. The molecular formula is C14H18BrN3O2. The van der Waals surface area contributed by atoms with Crippen LogP contribution in [0.5, 0.6) is 0 Å². The molecular weight excluding hydrogens is 322 g/mol. The Morgan fingerprint density at radius 2 is 1.95 bits per heavy atom. The highest BCUT2D eigenvalue weighted by atomic mass is 79.9. The molecule has 1 heterocycles. The highest BCUT2D eigenvalue weighted by Crippen LogP contribution is 2.21. The number of primary amides is 1. The van der Waals surface area contributed by atoms with E-state index in [2.05, 4.69) is 21.2 Å². The molecule has 1 fully saturated rings. The molecule has 0 spiro atoms. The first-order valence-electron chi connectivity index (χ1n) is 6.62. The topological polar surface area (TPSA) is 75.4 Å². The minimum absolute atomic E-state index is 0.0439. The number of para-hydroxylation sites is 1. The van der Waals surface area contributed by atoms with Crippen LogP contribution in [0.15, 0.2) is 28.7 Å². The van der Waals surface area contributed by atoms with Crippen molar-refractivity contribution in [2.24, 2.45) is 11.7 Å². The van der Waals surface area contributed by atoms with Crippen molar-refractivity contribution in [3.8, 4) is 0 Å². The maximum absolute atomic E-state index is 12.0. The van der Waals surface area contributed by atoms with Crippen LogP contribution in [0.4, 0.5) is 5.69 Å². The Morgan fingerprint density at radius 1 is 1.30 bits per heavy atom. The largest absolute Gasteiger partial charge is 0.369 e. The number of nitrogens with one attached hydrogen (secondary N) is 1. The van der Waals surface area contributed by atoms with Gasteiger partial charge >= 0.3 is 0 Å². The van der Waals surface area contributed by atoms with E-state index in [1.165, 1.54) is 0 Å². The van der Waals surface area contributed by atoms with Crippen LogP contribution < -0.4 is 11.1 Å². The molecule has 1 aromatic rings. The highest BCUT2D eigenvalue weighted by molar-refractivity contribution is 9.10. The first-order valence-corrected chi connectivity index (χ1v) is 7.41. The molecule has 0 bridgehead atoms. The van der Waals surface area contributed by atoms with E-state index in [9.17, 15) is 9.59 Å². The number of halogens is 1. The third kappa shape index (κ3) is 4.05. The third-order valence-electron chi connectivity index (χ3n) is 3.51. The van der Waals surface area contributed by atoms with Crippen LogP contribution in [0.3, 0.4) is 0 Å². The quantitative estimate of drug-likeness (QED) is 0.874. The normalized spacial score (nSPS) is 16.9. The van der Waals surface area contributed by atoms with Crippen molar-refractivity contribution >= 4 is 33.4 Å². The number of amides is 2. The maximum atomic E-state index is 12.0. The number of nitrogens with two attached hydrogens (primary N) is 1. The molecule has 0 saturated carbocycles. The standard InChI is InChI=1S/C14H18BrN3O2/c15-11-3-1-2-4-12(11)17-13(19)9-18-7-5-10(6-8-18)14(16)20/h1-4,10H,5-9H2,(H2,16,20)(H,17,19). The fourth-order valence-electron chi connectivity index (χ4n) is 2.33. The van der Waals surface area contributed by atoms with Crippen LogP contribution in [0, 0.1) is 5.92 Å². The van der Waals surface area contributed by atoms with Crippen molar-refractivity contribution in [1.82, 2.24) is 4.90 Å². The number of carbonyl (C=O) groups excluding carboxylic acids is 2. The zero-order valence-electron chi connectivity index (χ0n) is 11.1. The van der Waals surface area contributed by atoms with E-state index in [-0.39, 0.29) is 17.7 Å². The van der Waals surface area contributed by atoms with E-state index >= 15 is 0 Å². The summed E-state index contributed by atoms with van der Waals surface area (Å²) in [5, 5.41) is 2.87. The van der Waals surface area contributed by atoms with E-state index < -0.39 is 0 Å². The second-order valence-electron chi connectivity index (χ2n) is 4.98. The monoisotopic (exact) mass is 339 g/mol. The Balaban J connectivity index is 1.81. The Morgan fingerprint density at radius 3 is 2.55 bits per heavy atom. The van der Waals surface area contributed by atoms with Crippen molar-refractivity contribution in [2.75, 3.05) is 25.0 Å². The van der Waals surface area contributed by atoms with E-state index in [0.29, 0.717) is 6.54 Å². The summed E-state index contributed by atoms with van der Waals surface area (Å²) in [7, 11) is 0. The highest BCUT2D eigenvalue weighted by Gasteiger charge is 2.24. The summed E-state index contributed by atoms with van der Waals surface area (Å²) in [5.74, 6) is -0.325. The van der Waals surface area contributed by atoms with Crippen LogP contribution in [-0.2, 0) is 9.59 Å². The van der Waals surface area contributed by atoms with Crippen LogP contribution in [0.1, 0.15) is 12.8 Å². The van der Waals surface area contributed by atoms with Gasteiger partial charge in [-0.15, -0.1) is 0 Å². The van der Waals surface area contributed by atoms with Gasteiger partial charge in [0.25, 0.3) is 0 Å². The van der Waals surface area contributed by atoms with Gasteiger partial charge in [-0.05, 0) is 54.0 Å². The number of benzene rings is 1. The number of nitrogens with zero attached hydrogens (tertiary/aromatic N) is 1. The summed E-state index contributed by atoms with van der Waals surface area (Å²) in [5.41, 5.74) is 6.06. The van der Waals surface area contributed by atoms with Crippen molar-refractivity contribution in [3.63, 3.8) is 0 Å². The van der Waals surface area contributed by atoms with Gasteiger partial charge < -0.3 is 11.1 Å². The first-order chi connectivity index (χ1) is 9.56. The van der Waals surface area contributed by atoms with Gasteiger partial charge in [-0.25, -0.2) is 0 Å². The zero-order valence-corrected chi connectivity index (χ0v) is 12.7. The zero-order chi connectivity index (χ0) is 14.5. The van der Waals surface area contributed by atoms with E-state index in [4.69, 9.17) is 5.73 Å². The van der Waals surface area contributed by atoms with Gasteiger partial charge in [0.1, 0.15) is 0 Å². The number of piperidine rings is 1. The summed E-state index contributed by atoms with van der Waals surface area (Å²) in [6.45, 7) is 1.81. The number of hydrogen-bond donors (Lipinski definition) is 2. The Labute approximate surface area is 126 Å². The maximum Gasteiger partial charge on any atom is 0.238 e. The molecule has 6 heteroatoms. The van der Waals surface area contributed by atoms with E-state index in [1.54, 1.807) is 0 Å². The van der Waals surface area contributed by atoms with E-state index in [1.807, 2.05) is 29.2 Å². The molecule has 1 aliphatic heterocycles. The summed E-state index contributed by atoms with van der Waals surface area (Å²) in [4.78, 5) is 25.1. The molecule has 0 radical (unpaired) electrons. The summed E-state index contributed by atoms with van der Waals surface area (Å²) in [6.07, 6.45) is 1.47. The number of carbonyl (C=O) groups is 2. The minimum Gasteiger partial charge on any atom is -0.369 e. The molecule has 108 valence electrons. The summed E-state index contributed by atoms with van der Waals surface area (Å²) in [6, 6.07) is 7.50. The third-order valence-corrected chi connectivity index (χ3v) is 4.20. The lowest BCUT2D eigenvalue weighted by Crippen LogP contribution is -2.42. The number of hydrogen-bond acceptors (Lipinski definition) is 3. The molecule has 1 aromatic carbocycles. The molecule has 1 saturated heterocycles. The van der Waals surface area contributed by atoms with Gasteiger partial charge in [-0.3, -0.25) is 14.5 Å². The molecule has 1 aliphatic rings. The minimum atomic E-state index is -0.234. The molecule has 3 N–H and O–H groups in total. The average Bonchev–Trinajstić information content (AvgIpc) is 2.42. The molecule has 0 unspecified atom stereocenters. The molecule has 0 aromatic heterocycles. The molecule has 20 heavy (non-hydrogen) atoms. The Kier molecular flexibility index (Phi) is 5.14. The second-order valence-corrected chi connectivity index (χ2v) is 5.84. The van der Waals surface area contributed by atoms with Crippen molar-refractivity contribution < 1.29 is 9.59 Å². The van der Waals surface area contributed by atoms with Gasteiger partial charge in [-0.1, -0.05) is 12.1 Å². The molecule has 5 nitrogen and oxygen atoms in total. The van der Waals surface area contributed by atoms with Crippen LogP contribution >= 0.6 is 15.9 Å². The smallest absolute Gasteiger partial charge is 0.238 e. The fraction of sp³-hybridized carbons (Fsp3) is 0.429. The Bertz CT molecular complexity index is 499. The summed E-state index contributed by atoms with van der Waals surface area (Å²) < 4.78 is 0.862. The van der Waals surface area contributed by atoms with Crippen molar-refractivity contribution in [3.05, 3.63) is 28.7 Å². The number of anilines is 1. The van der Waals surface area contributed by atoms with Gasteiger partial charge in [-0.2, -0.15) is 0 Å². The van der Waals surface area contributed by atoms with Gasteiger partial charge in [0.15, 0.2) is 0 Å². The second kappa shape index (κ2) is 6.85. The molecule has 2 rings (SSSR count). The average molecular weight is 340 g/mol. The van der Waals surface area contributed by atoms with Gasteiger partial charge in [0.2, 0.25) is 11.8 Å². The van der Waals surface area contributed by atoms with Crippen molar-refractivity contribution in [1.29, 1.82) is 0 Å². The molecule has 0 aliphatic carbocycles. The predicted octanol–water partition coefficient (Wildman–Crippen LogP) is 1.58. The fourth-order valence-corrected chi connectivity index (χ4v) is 2.71. The summed E-state index contributed by atoms with van der Waals surface area (Å²) >= 11 is 3.39. The van der Waals surface area contributed by atoms with Crippen molar-refractivity contribution in [2.45, 2.75) is 12.8 Å². The Hall–Kier alpha value is -1.40. The SMILES string of the molecule is NC(=O)C1CCN(CC(=O)Nc2ccccc2Br)CC1. The number of rotatable bonds is 4.